The molecule has 7 heteroatoms. The Morgan fingerprint density at radius 1 is 0.800 bits per heavy atom. The predicted octanol–water partition coefficient (Wildman–Crippen LogP) is 3.67. The number of ether oxygens (including phenoxy) is 4. The molecule has 5 nitrogen and oxygen atoms in total. The number of hydrogen-bond acceptors (Lipinski definition) is 5. The lowest BCUT2D eigenvalue weighted by Gasteiger charge is -2.52. The summed E-state index contributed by atoms with van der Waals surface area (Å²) in [6.45, 7) is 5.54. The molecule has 4 fully saturated rings. The molecule has 4 aliphatic heterocycles. The van der Waals surface area contributed by atoms with E-state index < -0.39 is 0 Å². The van der Waals surface area contributed by atoms with Gasteiger partial charge in [0.15, 0.2) is 0 Å². The van der Waals surface area contributed by atoms with Crippen molar-refractivity contribution >= 4 is 23.6 Å². The molecule has 0 spiro atoms. The van der Waals surface area contributed by atoms with Crippen molar-refractivity contribution in [2.45, 2.75) is 81.8 Å². The van der Waals surface area contributed by atoms with Crippen molar-refractivity contribution in [3.63, 3.8) is 0 Å². The van der Waals surface area contributed by atoms with Crippen LogP contribution >= 0.6 is 23.6 Å². The lowest BCUT2D eigenvalue weighted by Crippen LogP contribution is -2.57. The molecule has 0 bridgehead atoms. The summed E-state index contributed by atoms with van der Waals surface area (Å²) in [5, 5.41) is 0. The molecule has 4 unspecified atom stereocenters. The molecule has 0 amide bonds. The third kappa shape index (κ3) is 4.45. The van der Waals surface area contributed by atoms with Gasteiger partial charge in [0, 0.05) is 0 Å². The summed E-state index contributed by atoms with van der Waals surface area (Å²) < 4.78 is 24.0. The van der Waals surface area contributed by atoms with E-state index in [9.17, 15) is 0 Å². The van der Waals surface area contributed by atoms with E-state index >= 15 is 0 Å². The maximum absolute atomic E-state index is 6.62. The fourth-order valence-electron chi connectivity index (χ4n) is 4.62. The Labute approximate surface area is 160 Å². The molecule has 4 rings (SSSR count). The topological polar surface area (TPSA) is 53.4 Å². The van der Waals surface area contributed by atoms with Gasteiger partial charge in [0.25, 0.3) is 0 Å². The molecule has 4 atom stereocenters. The number of rotatable bonds is 13. The molecule has 4 heterocycles. The minimum Gasteiger partial charge on any atom is -0.373 e. The van der Waals surface area contributed by atoms with Crippen molar-refractivity contribution in [2.24, 2.45) is 5.41 Å². The summed E-state index contributed by atoms with van der Waals surface area (Å²) >= 11 is 13.2. The first-order chi connectivity index (χ1) is 12.1. The van der Waals surface area contributed by atoms with Gasteiger partial charge in [-0.1, -0.05) is 19.8 Å². The van der Waals surface area contributed by atoms with Gasteiger partial charge in [-0.25, -0.2) is 0 Å². The lowest BCUT2D eigenvalue weighted by atomic mass is 9.58. The Kier molecular flexibility index (Phi) is 5.56. The summed E-state index contributed by atoms with van der Waals surface area (Å²) in [5.74, 6) is 0. The molecule has 4 aliphatic rings. The van der Waals surface area contributed by atoms with Gasteiger partial charge in [-0.05, 0) is 61.1 Å². The quantitative estimate of drug-likeness (QED) is 0.353. The van der Waals surface area contributed by atoms with E-state index in [2.05, 4.69) is 6.92 Å². The van der Waals surface area contributed by atoms with Crippen LogP contribution in [0.5, 0.6) is 0 Å². The monoisotopic (exact) mass is 393 g/mol. The van der Waals surface area contributed by atoms with Crippen LogP contribution in [0.1, 0.15) is 51.9 Å². The van der Waals surface area contributed by atoms with Gasteiger partial charge in [-0.2, -0.15) is 0 Å². The number of nitrogens with zero attached hydrogens (tertiary/aromatic N) is 1. The van der Waals surface area contributed by atoms with Crippen LogP contribution < -0.4 is 0 Å². The lowest BCUT2D eigenvalue weighted by molar-refractivity contribution is -0.0117. The fraction of sp³-hybridized carbons (Fsp3) is 1.00. The molecule has 0 aromatic carbocycles. The van der Waals surface area contributed by atoms with Crippen molar-refractivity contribution in [1.82, 2.24) is 3.94 Å². The zero-order chi connectivity index (χ0) is 17.5. The van der Waals surface area contributed by atoms with Crippen molar-refractivity contribution < 1.29 is 18.9 Å². The average molecular weight is 394 g/mol. The predicted molar refractivity (Wildman–Crippen MR) is 95.7 cm³/mol. The van der Waals surface area contributed by atoms with E-state index in [1.165, 1.54) is 3.94 Å². The third-order valence-corrected chi connectivity index (χ3v) is 6.94. The second-order valence-electron chi connectivity index (χ2n) is 8.29. The zero-order valence-corrected chi connectivity index (χ0v) is 16.4. The Hall–Kier alpha value is 0.380. The van der Waals surface area contributed by atoms with Crippen LogP contribution in [0.25, 0.3) is 0 Å². The zero-order valence-electron chi connectivity index (χ0n) is 14.9. The highest BCUT2D eigenvalue weighted by molar-refractivity contribution is 6.34. The largest absolute Gasteiger partial charge is 0.373 e. The van der Waals surface area contributed by atoms with Gasteiger partial charge in [0.1, 0.15) is 0 Å². The van der Waals surface area contributed by atoms with E-state index in [1.807, 2.05) is 0 Å². The number of unbranched alkanes of at least 4 members (excludes halogenated alkanes) is 1. The van der Waals surface area contributed by atoms with Crippen LogP contribution in [0.4, 0.5) is 0 Å². The van der Waals surface area contributed by atoms with Crippen LogP contribution in [0, 0.1) is 5.41 Å². The standard InChI is InChI=1S/C18H29Cl2NO4/c1-2-3-4-17(5-13-9-22-13,6-14-10-23-14)18(21(19)20,7-15-11-24-15)8-16-12-25-16/h13-16H,2-12H2,1H3. The summed E-state index contributed by atoms with van der Waals surface area (Å²) in [7, 11) is 0. The SMILES string of the molecule is CCCCC(CC1CO1)(CC1CO1)C(CC1CO1)(CC1CO1)N(Cl)Cl. The van der Waals surface area contributed by atoms with E-state index in [0.29, 0.717) is 12.2 Å². The summed E-state index contributed by atoms with van der Waals surface area (Å²) in [6.07, 6.45) is 8.21. The van der Waals surface area contributed by atoms with Crippen molar-refractivity contribution in [1.29, 1.82) is 0 Å². The molecule has 0 radical (unpaired) electrons. The van der Waals surface area contributed by atoms with E-state index in [4.69, 9.17) is 42.5 Å². The molecule has 0 aromatic heterocycles. The summed E-state index contributed by atoms with van der Waals surface area (Å²) in [5.41, 5.74) is -0.418. The molecular formula is C18H29Cl2NO4. The van der Waals surface area contributed by atoms with Gasteiger partial charge in [0.2, 0.25) is 0 Å². The fourth-order valence-corrected chi connectivity index (χ4v) is 5.25. The molecule has 0 aliphatic carbocycles. The molecule has 25 heavy (non-hydrogen) atoms. The van der Waals surface area contributed by atoms with Crippen LogP contribution in [-0.2, 0) is 18.9 Å². The van der Waals surface area contributed by atoms with E-state index in [-0.39, 0.29) is 23.2 Å². The first-order valence-electron chi connectivity index (χ1n) is 9.65. The van der Waals surface area contributed by atoms with Gasteiger partial charge in [0.05, 0.1) is 56.4 Å². The van der Waals surface area contributed by atoms with Crippen LogP contribution in [-0.4, -0.2) is 60.3 Å². The van der Waals surface area contributed by atoms with Crippen molar-refractivity contribution in [3.8, 4) is 0 Å². The van der Waals surface area contributed by atoms with Gasteiger partial charge < -0.3 is 18.9 Å². The summed E-state index contributed by atoms with van der Waals surface area (Å²) in [4.78, 5) is 0. The Morgan fingerprint density at radius 2 is 1.20 bits per heavy atom. The van der Waals surface area contributed by atoms with Gasteiger partial charge in [-0.15, -0.1) is 3.94 Å². The maximum Gasteiger partial charge on any atom is 0.0828 e. The smallest absolute Gasteiger partial charge is 0.0828 e. The molecule has 0 aromatic rings. The second kappa shape index (κ2) is 7.42. The van der Waals surface area contributed by atoms with E-state index in [0.717, 1.165) is 71.4 Å². The maximum atomic E-state index is 6.62. The minimum absolute atomic E-state index is 0.0489. The van der Waals surface area contributed by atoms with Crippen molar-refractivity contribution in [3.05, 3.63) is 0 Å². The Morgan fingerprint density at radius 3 is 1.52 bits per heavy atom. The highest BCUT2D eigenvalue weighted by atomic mass is 35.5. The minimum atomic E-state index is -0.370. The van der Waals surface area contributed by atoms with Crippen LogP contribution in [0.15, 0.2) is 0 Å². The normalized spacial score (nSPS) is 37.4. The van der Waals surface area contributed by atoms with Crippen LogP contribution in [0.2, 0.25) is 0 Å². The van der Waals surface area contributed by atoms with Crippen LogP contribution in [0.3, 0.4) is 0 Å². The molecule has 0 N–H and O–H groups in total. The number of hydrogen-bond donors (Lipinski definition) is 0. The number of halogens is 2. The first-order valence-corrected chi connectivity index (χ1v) is 10.3. The average Bonchev–Trinajstić information content (AvgIpc) is 3.43. The van der Waals surface area contributed by atoms with E-state index in [1.54, 1.807) is 0 Å². The third-order valence-electron chi connectivity index (χ3n) is 6.30. The highest BCUT2D eigenvalue weighted by Gasteiger charge is 2.61. The number of epoxide rings is 4. The Balaban J connectivity index is 1.68. The summed E-state index contributed by atoms with van der Waals surface area (Å²) in [6, 6.07) is 0. The first kappa shape index (κ1) is 18.7. The molecular weight excluding hydrogens is 365 g/mol. The van der Waals surface area contributed by atoms with Gasteiger partial charge >= 0.3 is 0 Å². The van der Waals surface area contributed by atoms with Crippen molar-refractivity contribution in [2.75, 3.05) is 26.4 Å². The van der Waals surface area contributed by atoms with Gasteiger partial charge in [-0.3, -0.25) is 0 Å². The second-order valence-corrected chi connectivity index (χ2v) is 9.14. The molecule has 4 saturated heterocycles. The Bertz CT molecular complexity index is 434. The molecule has 0 saturated carbocycles. The molecule has 144 valence electrons. The highest BCUT2D eigenvalue weighted by Crippen LogP contribution is 2.58.